The van der Waals surface area contributed by atoms with Gasteiger partial charge in [0, 0.05) is 31.3 Å². The molecule has 1 N–H and O–H groups in total. The van der Waals surface area contributed by atoms with Gasteiger partial charge in [-0.2, -0.15) is 11.8 Å². The normalized spacial score (nSPS) is 20.1. The first-order valence-electron chi connectivity index (χ1n) is 8.57. The molecule has 0 unspecified atom stereocenters. The van der Waals surface area contributed by atoms with Crippen molar-refractivity contribution in [3.05, 3.63) is 11.6 Å². The molecule has 1 heterocycles. The minimum atomic E-state index is 0.367. The topological polar surface area (TPSA) is 32.3 Å². The summed E-state index contributed by atoms with van der Waals surface area (Å²) in [4.78, 5) is 15.0. The molecule has 1 aliphatic heterocycles. The molecule has 0 aromatic rings. The summed E-state index contributed by atoms with van der Waals surface area (Å²) < 4.78 is 0. The third-order valence-electron chi connectivity index (χ3n) is 4.55. The lowest BCUT2D eigenvalue weighted by atomic mass is 9.93. The van der Waals surface area contributed by atoms with Gasteiger partial charge in [0.1, 0.15) is 0 Å². The Hall–Kier alpha value is -0.480. The van der Waals surface area contributed by atoms with Gasteiger partial charge in [0.2, 0.25) is 5.91 Å². The first kappa shape index (κ1) is 16.9. The zero-order valence-electron chi connectivity index (χ0n) is 13.4. The number of nitrogens with one attached hydrogen (secondary N) is 1. The monoisotopic (exact) mass is 310 g/mol. The van der Waals surface area contributed by atoms with E-state index < -0.39 is 0 Å². The van der Waals surface area contributed by atoms with E-state index in [-0.39, 0.29) is 0 Å². The van der Waals surface area contributed by atoms with Crippen LogP contribution in [0.1, 0.15) is 51.9 Å². The van der Waals surface area contributed by atoms with Gasteiger partial charge in [-0.3, -0.25) is 4.79 Å². The number of rotatable bonds is 7. The summed E-state index contributed by atoms with van der Waals surface area (Å²) >= 11 is 1.95. The number of hydrogen-bond donors (Lipinski definition) is 1. The SMILES string of the molecule is CCSCCN(C(=O)CC1=CCNCC1)C1CCCCC1. The molecule has 2 aliphatic rings. The van der Waals surface area contributed by atoms with Gasteiger partial charge < -0.3 is 10.2 Å². The highest BCUT2D eigenvalue weighted by Crippen LogP contribution is 2.24. The minimum Gasteiger partial charge on any atom is -0.339 e. The fraction of sp³-hybridized carbons (Fsp3) is 0.824. The van der Waals surface area contributed by atoms with E-state index in [4.69, 9.17) is 0 Å². The van der Waals surface area contributed by atoms with Crippen molar-refractivity contribution in [2.24, 2.45) is 0 Å². The lowest BCUT2D eigenvalue weighted by molar-refractivity contribution is -0.133. The van der Waals surface area contributed by atoms with Gasteiger partial charge in [0.25, 0.3) is 0 Å². The second-order valence-corrected chi connectivity index (χ2v) is 7.46. The Kier molecular flexibility index (Phi) is 7.65. The average Bonchev–Trinajstić information content (AvgIpc) is 2.53. The summed E-state index contributed by atoms with van der Waals surface area (Å²) in [7, 11) is 0. The van der Waals surface area contributed by atoms with Crippen molar-refractivity contribution in [2.45, 2.75) is 57.9 Å². The second kappa shape index (κ2) is 9.52. The molecule has 0 bridgehead atoms. The maximum absolute atomic E-state index is 12.8. The second-order valence-electron chi connectivity index (χ2n) is 6.07. The number of hydrogen-bond acceptors (Lipinski definition) is 3. The Morgan fingerprint density at radius 2 is 2.19 bits per heavy atom. The minimum absolute atomic E-state index is 0.367. The van der Waals surface area contributed by atoms with Crippen molar-refractivity contribution in [1.29, 1.82) is 0 Å². The van der Waals surface area contributed by atoms with E-state index in [1.165, 1.54) is 37.7 Å². The Morgan fingerprint density at radius 3 is 2.86 bits per heavy atom. The van der Waals surface area contributed by atoms with Crippen LogP contribution in [0.15, 0.2) is 11.6 Å². The zero-order chi connectivity index (χ0) is 14.9. The maximum atomic E-state index is 12.8. The van der Waals surface area contributed by atoms with Gasteiger partial charge in [-0.05, 0) is 31.6 Å². The van der Waals surface area contributed by atoms with E-state index in [1.807, 2.05) is 11.8 Å². The summed E-state index contributed by atoms with van der Waals surface area (Å²) in [5.74, 6) is 2.59. The highest BCUT2D eigenvalue weighted by molar-refractivity contribution is 7.99. The molecule has 4 heteroatoms. The van der Waals surface area contributed by atoms with Crippen LogP contribution in [-0.2, 0) is 4.79 Å². The predicted molar refractivity (Wildman–Crippen MR) is 91.8 cm³/mol. The molecule has 0 atom stereocenters. The standard InChI is InChI=1S/C17H30N2OS/c1-2-21-13-12-19(16-6-4-3-5-7-16)17(20)14-15-8-10-18-11-9-15/h8,16,18H,2-7,9-14H2,1H3. The molecule has 0 aromatic heterocycles. The largest absolute Gasteiger partial charge is 0.339 e. The molecular formula is C17H30N2OS. The molecule has 120 valence electrons. The van der Waals surface area contributed by atoms with E-state index in [2.05, 4.69) is 23.2 Å². The quantitative estimate of drug-likeness (QED) is 0.579. The Bertz CT molecular complexity index is 351. The number of carbonyl (C=O) groups is 1. The van der Waals surface area contributed by atoms with Crippen molar-refractivity contribution in [3.63, 3.8) is 0 Å². The molecule has 0 spiro atoms. The Balaban J connectivity index is 1.91. The van der Waals surface area contributed by atoms with E-state index in [1.54, 1.807) is 0 Å². The van der Waals surface area contributed by atoms with Crippen molar-refractivity contribution < 1.29 is 4.79 Å². The fourth-order valence-corrected chi connectivity index (χ4v) is 3.95. The smallest absolute Gasteiger partial charge is 0.226 e. The van der Waals surface area contributed by atoms with Crippen LogP contribution < -0.4 is 5.32 Å². The maximum Gasteiger partial charge on any atom is 0.226 e. The van der Waals surface area contributed by atoms with Crippen molar-refractivity contribution in [3.8, 4) is 0 Å². The number of nitrogens with zero attached hydrogens (tertiary/aromatic N) is 1. The van der Waals surface area contributed by atoms with Gasteiger partial charge >= 0.3 is 0 Å². The van der Waals surface area contributed by atoms with Gasteiger partial charge in [-0.1, -0.05) is 37.8 Å². The molecule has 0 saturated heterocycles. The summed E-state index contributed by atoms with van der Waals surface area (Å²) in [5, 5.41) is 3.32. The third-order valence-corrected chi connectivity index (χ3v) is 5.43. The van der Waals surface area contributed by atoms with Gasteiger partial charge in [0.05, 0.1) is 0 Å². The zero-order valence-corrected chi connectivity index (χ0v) is 14.2. The molecule has 1 fully saturated rings. The first-order chi connectivity index (χ1) is 10.3. The average molecular weight is 311 g/mol. The van der Waals surface area contributed by atoms with Crippen LogP contribution in [0.25, 0.3) is 0 Å². The van der Waals surface area contributed by atoms with E-state index >= 15 is 0 Å². The molecule has 1 saturated carbocycles. The summed E-state index contributed by atoms with van der Waals surface area (Å²) in [6.07, 6.45) is 10.2. The molecule has 0 radical (unpaired) electrons. The molecule has 21 heavy (non-hydrogen) atoms. The lowest BCUT2D eigenvalue weighted by Gasteiger charge is -2.35. The first-order valence-corrected chi connectivity index (χ1v) is 9.72. The van der Waals surface area contributed by atoms with Crippen LogP contribution in [0.5, 0.6) is 0 Å². The molecule has 2 rings (SSSR count). The van der Waals surface area contributed by atoms with Crippen LogP contribution in [0.2, 0.25) is 0 Å². The van der Waals surface area contributed by atoms with Gasteiger partial charge in [0.15, 0.2) is 0 Å². The number of carbonyl (C=O) groups excluding carboxylic acids is 1. The fourth-order valence-electron chi connectivity index (χ4n) is 3.34. The predicted octanol–water partition coefficient (Wildman–Crippen LogP) is 3.21. The molecule has 0 aromatic carbocycles. The van der Waals surface area contributed by atoms with E-state index in [0.717, 1.165) is 37.6 Å². The van der Waals surface area contributed by atoms with E-state index in [0.29, 0.717) is 18.4 Å². The van der Waals surface area contributed by atoms with Gasteiger partial charge in [-0.25, -0.2) is 0 Å². The van der Waals surface area contributed by atoms with Crippen LogP contribution in [0.3, 0.4) is 0 Å². The molecular weight excluding hydrogens is 280 g/mol. The lowest BCUT2D eigenvalue weighted by Crippen LogP contribution is -2.43. The van der Waals surface area contributed by atoms with Crippen molar-refractivity contribution in [2.75, 3.05) is 31.1 Å². The summed E-state index contributed by atoms with van der Waals surface area (Å²) in [5.41, 5.74) is 1.34. The molecule has 1 aliphatic carbocycles. The van der Waals surface area contributed by atoms with Crippen LogP contribution in [-0.4, -0.2) is 48.0 Å². The van der Waals surface area contributed by atoms with E-state index in [9.17, 15) is 4.79 Å². The summed E-state index contributed by atoms with van der Waals surface area (Å²) in [6.45, 7) is 5.08. The van der Waals surface area contributed by atoms with Gasteiger partial charge in [-0.15, -0.1) is 0 Å². The third kappa shape index (κ3) is 5.67. The summed E-state index contributed by atoms with van der Waals surface area (Å²) in [6, 6.07) is 0.506. The van der Waals surface area contributed by atoms with Crippen molar-refractivity contribution >= 4 is 17.7 Å². The van der Waals surface area contributed by atoms with Crippen LogP contribution in [0.4, 0.5) is 0 Å². The molecule has 3 nitrogen and oxygen atoms in total. The molecule has 1 amide bonds. The highest BCUT2D eigenvalue weighted by atomic mass is 32.2. The Morgan fingerprint density at radius 1 is 1.38 bits per heavy atom. The number of thioether (sulfide) groups is 1. The number of amides is 1. The van der Waals surface area contributed by atoms with Crippen molar-refractivity contribution in [1.82, 2.24) is 10.2 Å². The van der Waals surface area contributed by atoms with Crippen LogP contribution >= 0.6 is 11.8 Å². The van der Waals surface area contributed by atoms with Crippen LogP contribution in [0, 0.1) is 0 Å². The highest BCUT2D eigenvalue weighted by Gasteiger charge is 2.25. The Labute approximate surface area is 133 Å².